The van der Waals surface area contributed by atoms with Crippen LogP contribution in [-0.4, -0.2) is 28.4 Å². The number of methoxy groups -OCH3 is 1. The summed E-state index contributed by atoms with van der Waals surface area (Å²) in [4.78, 5) is 31.5. The third kappa shape index (κ3) is 3.46. The molecular weight excluding hydrogens is 399 g/mol. The molecule has 0 unspecified atom stereocenters. The molecule has 3 aromatic rings. The van der Waals surface area contributed by atoms with Crippen LogP contribution in [0, 0.1) is 5.82 Å². The van der Waals surface area contributed by atoms with E-state index >= 15 is 0 Å². The van der Waals surface area contributed by atoms with Crippen LogP contribution in [0.2, 0.25) is 0 Å². The van der Waals surface area contributed by atoms with E-state index in [1.807, 2.05) is 0 Å². The molecule has 0 saturated heterocycles. The minimum atomic E-state index is -0.482. The zero-order chi connectivity index (χ0) is 19.7. The molecule has 0 radical (unpaired) electrons. The van der Waals surface area contributed by atoms with Crippen molar-refractivity contribution in [2.45, 2.75) is 37.3 Å². The number of para-hydroxylation sites is 1. The number of thiophene rings is 1. The molecule has 0 N–H and O–H groups in total. The molecule has 28 heavy (non-hydrogen) atoms. The fourth-order valence-electron chi connectivity index (χ4n) is 3.46. The van der Waals surface area contributed by atoms with E-state index in [-0.39, 0.29) is 23.6 Å². The van der Waals surface area contributed by atoms with Gasteiger partial charge in [-0.15, -0.1) is 11.3 Å². The predicted octanol–water partition coefficient (Wildman–Crippen LogP) is 4.12. The first-order chi connectivity index (χ1) is 13.6. The van der Waals surface area contributed by atoms with Gasteiger partial charge in [-0.05, 0) is 43.4 Å². The summed E-state index contributed by atoms with van der Waals surface area (Å²) in [6, 6.07) is 6.19. The summed E-state index contributed by atoms with van der Waals surface area (Å²) >= 11 is 2.82. The summed E-state index contributed by atoms with van der Waals surface area (Å²) in [6.45, 7) is 0. The second-order valence-electron chi connectivity index (χ2n) is 6.55. The number of ether oxygens (including phenoxy) is 1. The molecule has 1 aliphatic rings. The SMILES string of the molecule is COC(=O)CCSc1nc2sc3c(c2c(=O)n1-c1ccccc1F)CCCC3. The minimum absolute atomic E-state index is 0.179. The van der Waals surface area contributed by atoms with Gasteiger partial charge in [-0.2, -0.15) is 0 Å². The monoisotopic (exact) mass is 418 g/mol. The highest BCUT2D eigenvalue weighted by Crippen LogP contribution is 2.35. The molecular formula is C20H19FN2O3S2. The maximum absolute atomic E-state index is 14.5. The number of benzene rings is 1. The molecule has 4 rings (SSSR count). The highest BCUT2D eigenvalue weighted by Gasteiger charge is 2.23. The van der Waals surface area contributed by atoms with Crippen molar-refractivity contribution >= 4 is 39.3 Å². The number of hydrogen-bond donors (Lipinski definition) is 0. The molecule has 0 spiro atoms. The van der Waals surface area contributed by atoms with Gasteiger partial charge in [0, 0.05) is 10.6 Å². The van der Waals surface area contributed by atoms with Gasteiger partial charge in [0.15, 0.2) is 5.16 Å². The Hall–Kier alpha value is -2.19. The number of carbonyl (C=O) groups is 1. The number of nitrogens with zero attached hydrogens (tertiary/aromatic N) is 2. The number of esters is 1. The summed E-state index contributed by atoms with van der Waals surface area (Å²) in [6.07, 6.45) is 4.17. The summed E-state index contributed by atoms with van der Waals surface area (Å²) in [5.41, 5.74) is 1.01. The fourth-order valence-corrected chi connectivity index (χ4v) is 5.68. The van der Waals surface area contributed by atoms with Crippen LogP contribution in [0.1, 0.15) is 29.7 Å². The number of rotatable bonds is 5. The number of aromatic nitrogens is 2. The largest absolute Gasteiger partial charge is 0.469 e. The molecule has 5 nitrogen and oxygen atoms in total. The maximum atomic E-state index is 14.5. The van der Waals surface area contributed by atoms with Crippen LogP contribution in [0.15, 0.2) is 34.2 Å². The van der Waals surface area contributed by atoms with Crippen LogP contribution in [0.25, 0.3) is 15.9 Å². The van der Waals surface area contributed by atoms with E-state index in [2.05, 4.69) is 4.74 Å². The number of aryl methyl sites for hydroxylation is 2. The molecule has 0 aliphatic heterocycles. The van der Waals surface area contributed by atoms with Crippen LogP contribution >= 0.6 is 23.1 Å². The molecule has 8 heteroatoms. The Bertz CT molecular complexity index is 1110. The topological polar surface area (TPSA) is 61.2 Å². The molecule has 146 valence electrons. The number of fused-ring (bicyclic) bond motifs is 3. The lowest BCUT2D eigenvalue weighted by Crippen LogP contribution is -2.23. The fraction of sp³-hybridized carbons (Fsp3) is 0.350. The smallest absolute Gasteiger partial charge is 0.306 e. The van der Waals surface area contributed by atoms with Gasteiger partial charge in [0.05, 0.1) is 24.6 Å². The van der Waals surface area contributed by atoms with E-state index in [0.29, 0.717) is 21.1 Å². The van der Waals surface area contributed by atoms with E-state index in [1.165, 1.54) is 34.4 Å². The molecule has 1 aliphatic carbocycles. The second-order valence-corrected chi connectivity index (χ2v) is 8.70. The lowest BCUT2D eigenvalue weighted by Gasteiger charge is -2.14. The number of halogens is 1. The molecule has 0 fully saturated rings. The molecule has 2 aromatic heterocycles. The van der Waals surface area contributed by atoms with E-state index in [9.17, 15) is 14.0 Å². The van der Waals surface area contributed by atoms with Crippen molar-refractivity contribution in [2.75, 3.05) is 12.9 Å². The summed E-state index contributed by atoms with van der Waals surface area (Å²) in [5.74, 6) is -0.422. The van der Waals surface area contributed by atoms with Crippen LogP contribution in [0.5, 0.6) is 0 Å². The Morgan fingerprint density at radius 2 is 2.11 bits per heavy atom. The number of thioether (sulfide) groups is 1. The van der Waals surface area contributed by atoms with Crippen molar-refractivity contribution in [3.8, 4) is 5.69 Å². The zero-order valence-electron chi connectivity index (χ0n) is 15.4. The quantitative estimate of drug-likeness (QED) is 0.354. The Morgan fingerprint density at radius 1 is 1.32 bits per heavy atom. The molecule has 2 heterocycles. The van der Waals surface area contributed by atoms with Crippen molar-refractivity contribution in [3.05, 3.63) is 50.9 Å². The van der Waals surface area contributed by atoms with Gasteiger partial charge in [0.2, 0.25) is 0 Å². The molecule has 1 aromatic carbocycles. The van der Waals surface area contributed by atoms with E-state index in [1.54, 1.807) is 29.5 Å². The van der Waals surface area contributed by atoms with Gasteiger partial charge in [-0.1, -0.05) is 23.9 Å². The van der Waals surface area contributed by atoms with Crippen LogP contribution < -0.4 is 5.56 Å². The van der Waals surface area contributed by atoms with Crippen LogP contribution in [0.4, 0.5) is 4.39 Å². The molecule has 0 bridgehead atoms. The van der Waals surface area contributed by atoms with Crippen LogP contribution in [-0.2, 0) is 22.4 Å². The summed E-state index contributed by atoms with van der Waals surface area (Å²) < 4.78 is 20.6. The van der Waals surface area contributed by atoms with Gasteiger partial charge >= 0.3 is 5.97 Å². The number of hydrogen-bond acceptors (Lipinski definition) is 6. The normalized spacial score (nSPS) is 13.5. The van der Waals surface area contributed by atoms with Crippen molar-refractivity contribution in [1.82, 2.24) is 9.55 Å². The van der Waals surface area contributed by atoms with Gasteiger partial charge < -0.3 is 4.74 Å². The standard InChI is InChI=1S/C20H19FN2O3S2/c1-26-16(24)10-11-27-20-22-18-17(12-6-2-5-9-15(12)28-18)19(25)23(20)14-8-4-3-7-13(14)21/h3-4,7-8H,2,5-6,9-11H2,1H3. The Morgan fingerprint density at radius 3 is 2.89 bits per heavy atom. The highest BCUT2D eigenvalue weighted by molar-refractivity contribution is 7.99. The third-order valence-corrected chi connectivity index (χ3v) is 6.94. The van der Waals surface area contributed by atoms with Gasteiger partial charge in [-0.3, -0.25) is 14.2 Å². The van der Waals surface area contributed by atoms with Crippen molar-refractivity contribution in [2.24, 2.45) is 0 Å². The first-order valence-electron chi connectivity index (χ1n) is 9.12. The van der Waals surface area contributed by atoms with Crippen LogP contribution in [0.3, 0.4) is 0 Å². The summed E-state index contributed by atoms with van der Waals surface area (Å²) in [7, 11) is 1.34. The third-order valence-electron chi connectivity index (χ3n) is 4.82. The first-order valence-corrected chi connectivity index (χ1v) is 10.9. The van der Waals surface area contributed by atoms with Crippen molar-refractivity contribution in [3.63, 3.8) is 0 Å². The molecule has 0 atom stereocenters. The number of carbonyl (C=O) groups excluding carboxylic acids is 1. The zero-order valence-corrected chi connectivity index (χ0v) is 17.0. The maximum Gasteiger partial charge on any atom is 0.306 e. The molecule has 0 saturated carbocycles. The van der Waals surface area contributed by atoms with E-state index < -0.39 is 5.82 Å². The summed E-state index contributed by atoms with van der Waals surface area (Å²) in [5, 5.41) is 1.00. The lowest BCUT2D eigenvalue weighted by molar-refractivity contribution is -0.140. The minimum Gasteiger partial charge on any atom is -0.469 e. The van der Waals surface area contributed by atoms with Gasteiger partial charge in [0.1, 0.15) is 10.6 Å². The van der Waals surface area contributed by atoms with E-state index in [0.717, 1.165) is 31.2 Å². The van der Waals surface area contributed by atoms with Gasteiger partial charge in [-0.25, -0.2) is 9.37 Å². The molecule has 0 amide bonds. The van der Waals surface area contributed by atoms with E-state index in [4.69, 9.17) is 4.98 Å². The highest BCUT2D eigenvalue weighted by atomic mass is 32.2. The Kier molecular flexibility index (Phi) is 5.50. The predicted molar refractivity (Wildman–Crippen MR) is 109 cm³/mol. The lowest BCUT2D eigenvalue weighted by atomic mass is 9.97. The first kappa shape index (κ1) is 19.1. The average Bonchev–Trinajstić information content (AvgIpc) is 3.07. The van der Waals surface area contributed by atoms with Crippen molar-refractivity contribution < 1.29 is 13.9 Å². The average molecular weight is 419 g/mol. The Labute approximate surface area is 169 Å². The second kappa shape index (κ2) is 8.05. The van der Waals surface area contributed by atoms with Gasteiger partial charge in [0.25, 0.3) is 5.56 Å². The van der Waals surface area contributed by atoms with Crippen molar-refractivity contribution in [1.29, 1.82) is 0 Å². The Balaban J connectivity index is 1.88.